The molecule has 0 aliphatic rings. The van der Waals surface area contributed by atoms with Gasteiger partial charge in [0, 0.05) is 17.5 Å². The fraction of sp³-hybridized carbons (Fsp3) is 0.500. The molecule has 212 valence electrons. The lowest BCUT2D eigenvalue weighted by Gasteiger charge is -2.28. The van der Waals surface area contributed by atoms with Gasteiger partial charge in [0.25, 0.3) is 5.91 Å². The highest BCUT2D eigenvalue weighted by Crippen LogP contribution is 2.40. The molecule has 0 unspecified atom stereocenters. The van der Waals surface area contributed by atoms with Crippen LogP contribution in [0.2, 0.25) is 0 Å². The number of azo groups is 1. The number of allylic oxidation sites excluding steroid dienone is 2. The second-order valence-electron chi connectivity index (χ2n) is 13.8. The highest BCUT2D eigenvalue weighted by Gasteiger charge is 2.26. The normalized spacial score (nSPS) is 12.7. The number of rotatable bonds is 8. The molecule has 1 amide bonds. The first-order valence-electron chi connectivity index (χ1n) is 13.7. The molecule has 0 aliphatic heterocycles. The van der Waals surface area contributed by atoms with E-state index >= 15 is 0 Å². The lowest BCUT2D eigenvalue weighted by molar-refractivity contribution is -0.118. The molecule has 2 aromatic carbocycles. The summed E-state index contributed by atoms with van der Waals surface area (Å²) in [7, 11) is 0. The van der Waals surface area contributed by atoms with E-state index < -0.39 is 0 Å². The van der Waals surface area contributed by atoms with Crippen LogP contribution in [0.5, 0.6) is 11.5 Å². The molecule has 5 nitrogen and oxygen atoms in total. The van der Waals surface area contributed by atoms with Crippen molar-refractivity contribution >= 4 is 11.5 Å². The largest absolute Gasteiger partial charge is 0.507 e. The summed E-state index contributed by atoms with van der Waals surface area (Å²) in [6, 6.07) is 7.97. The molecule has 0 aliphatic carbocycles. The maximum Gasteiger partial charge on any atom is 0.265 e. The molecule has 0 fully saturated rings. The van der Waals surface area contributed by atoms with Gasteiger partial charge in [-0.05, 0) is 76.3 Å². The van der Waals surface area contributed by atoms with Crippen LogP contribution in [0.25, 0.3) is 5.57 Å². The predicted octanol–water partition coefficient (Wildman–Crippen LogP) is 9.08. The van der Waals surface area contributed by atoms with Gasteiger partial charge in [0.05, 0.1) is 5.70 Å². The van der Waals surface area contributed by atoms with Gasteiger partial charge in [-0.15, -0.1) is 5.11 Å². The Labute approximate surface area is 235 Å². The van der Waals surface area contributed by atoms with Crippen molar-refractivity contribution in [2.24, 2.45) is 10.2 Å². The molecule has 2 rings (SSSR count). The maximum atomic E-state index is 12.5. The number of amides is 1. The van der Waals surface area contributed by atoms with E-state index in [1.807, 2.05) is 39.8 Å². The Balaban J connectivity index is 2.10. The Hall–Kier alpha value is -3.21. The highest BCUT2D eigenvalue weighted by molar-refractivity contribution is 5.77. The number of phenols is 2. The van der Waals surface area contributed by atoms with Crippen LogP contribution >= 0.6 is 0 Å². The zero-order valence-corrected chi connectivity index (χ0v) is 25.7. The number of carbonyl (C=O) groups is 1. The van der Waals surface area contributed by atoms with Gasteiger partial charge in [-0.2, -0.15) is 5.11 Å². The summed E-state index contributed by atoms with van der Waals surface area (Å²) in [5.74, 6) is 0.300. The van der Waals surface area contributed by atoms with Crippen LogP contribution in [0, 0.1) is 0 Å². The molecule has 0 atom stereocenters. The van der Waals surface area contributed by atoms with E-state index in [0.717, 1.165) is 33.4 Å². The highest BCUT2D eigenvalue weighted by atomic mass is 16.3. The van der Waals surface area contributed by atoms with Gasteiger partial charge in [-0.25, -0.2) is 0 Å². The Morgan fingerprint density at radius 3 is 1.54 bits per heavy atom. The van der Waals surface area contributed by atoms with Crippen LogP contribution in [-0.4, -0.2) is 16.1 Å². The van der Waals surface area contributed by atoms with Crippen LogP contribution in [0.1, 0.15) is 115 Å². The molecule has 0 bridgehead atoms. The average Bonchev–Trinajstić information content (AvgIpc) is 2.78. The summed E-state index contributed by atoms with van der Waals surface area (Å²) >= 11 is 0. The number of hydrogen-bond acceptors (Lipinski definition) is 4. The van der Waals surface area contributed by atoms with Crippen molar-refractivity contribution < 1.29 is 15.0 Å². The number of aryl methyl sites for hydroxylation is 2. The zero-order valence-electron chi connectivity index (χ0n) is 25.7. The first kappa shape index (κ1) is 32.0. The Morgan fingerprint density at radius 1 is 0.692 bits per heavy atom. The molecular weight excluding hydrogens is 484 g/mol. The summed E-state index contributed by atoms with van der Waals surface area (Å²) in [6.45, 7) is 28.6. The summed E-state index contributed by atoms with van der Waals surface area (Å²) in [5, 5.41) is 29.7. The van der Waals surface area contributed by atoms with Gasteiger partial charge < -0.3 is 10.2 Å². The van der Waals surface area contributed by atoms with E-state index in [1.54, 1.807) is 0 Å². The van der Waals surface area contributed by atoms with Gasteiger partial charge in [0.15, 0.2) is 0 Å². The SMILES string of the molecule is C=C(CCc1cc(C(C)(C)C)c(O)c(C(C)(C)C)c1)N=NC(=O)CCc1cc(C(=C)C)c(O)c(C(C)(C)C)c1. The molecule has 0 spiro atoms. The van der Waals surface area contributed by atoms with E-state index in [1.165, 1.54) is 0 Å². The molecule has 0 heterocycles. The van der Waals surface area contributed by atoms with Gasteiger partial charge in [0.2, 0.25) is 0 Å². The summed E-state index contributed by atoms with van der Waals surface area (Å²) in [6.07, 6.45) is 1.95. The van der Waals surface area contributed by atoms with Gasteiger partial charge in [-0.3, -0.25) is 4.79 Å². The summed E-state index contributed by atoms with van der Waals surface area (Å²) in [5.41, 5.74) is 6.11. The predicted molar refractivity (Wildman–Crippen MR) is 163 cm³/mol. The molecule has 5 heteroatoms. The quantitative estimate of drug-likeness (QED) is 0.333. The molecule has 2 N–H and O–H groups in total. The molecule has 39 heavy (non-hydrogen) atoms. The Morgan fingerprint density at radius 2 is 1.10 bits per heavy atom. The Kier molecular flexibility index (Phi) is 9.76. The minimum Gasteiger partial charge on any atom is -0.507 e. The van der Waals surface area contributed by atoms with Gasteiger partial charge >= 0.3 is 0 Å². The average molecular weight is 533 g/mol. The fourth-order valence-corrected chi connectivity index (χ4v) is 4.48. The van der Waals surface area contributed by atoms with Crippen molar-refractivity contribution in [3.05, 3.63) is 76.5 Å². The van der Waals surface area contributed by atoms with Crippen molar-refractivity contribution in [1.82, 2.24) is 0 Å². The van der Waals surface area contributed by atoms with Crippen molar-refractivity contribution in [3.63, 3.8) is 0 Å². The van der Waals surface area contributed by atoms with E-state index in [4.69, 9.17) is 0 Å². The molecule has 0 aromatic heterocycles. The second kappa shape index (κ2) is 11.9. The molecule has 0 radical (unpaired) electrons. The van der Waals surface area contributed by atoms with Crippen molar-refractivity contribution in [1.29, 1.82) is 0 Å². The number of carbonyl (C=O) groups excluding carboxylic acids is 1. The Bertz CT molecular complexity index is 1240. The third kappa shape index (κ3) is 8.64. The fourth-order valence-electron chi connectivity index (χ4n) is 4.48. The number of aromatic hydroxyl groups is 2. The first-order valence-corrected chi connectivity index (χ1v) is 13.7. The van der Waals surface area contributed by atoms with E-state index in [9.17, 15) is 15.0 Å². The van der Waals surface area contributed by atoms with Crippen molar-refractivity contribution in [2.75, 3.05) is 0 Å². The lowest BCUT2D eigenvalue weighted by atomic mass is 9.78. The summed E-state index contributed by atoms with van der Waals surface area (Å²) in [4.78, 5) is 12.5. The van der Waals surface area contributed by atoms with Crippen LogP contribution in [-0.2, 0) is 33.9 Å². The zero-order chi connectivity index (χ0) is 29.9. The smallest absolute Gasteiger partial charge is 0.265 e. The lowest BCUT2D eigenvalue weighted by Crippen LogP contribution is -2.18. The standard InChI is InChI=1S/C34H48N2O3/c1-21(2)25-17-23(18-26(30(25)38)32(4,5)6)15-16-29(37)36-35-22(3)13-14-24-19-27(33(7,8)9)31(39)28(20-24)34(10,11)12/h17-20,38-39H,1,3,13-16H2,2,4-12H3. The van der Waals surface area contributed by atoms with E-state index in [2.05, 4.69) is 77.1 Å². The van der Waals surface area contributed by atoms with Gasteiger partial charge in [-0.1, -0.05) is 93.7 Å². The van der Waals surface area contributed by atoms with Crippen LogP contribution < -0.4 is 0 Å². The van der Waals surface area contributed by atoms with Gasteiger partial charge in [0.1, 0.15) is 11.5 Å². The van der Waals surface area contributed by atoms with Crippen LogP contribution in [0.4, 0.5) is 0 Å². The monoisotopic (exact) mass is 532 g/mol. The van der Waals surface area contributed by atoms with Crippen molar-refractivity contribution in [3.8, 4) is 11.5 Å². The maximum absolute atomic E-state index is 12.5. The first-order chi connectivity index (χ1) is 17.7. The number of phenolic OH excluding ortho intramolecular Hbond substituents is 2. The van der Waals surface area contributed by atoms with Crippen LogP contribution in [0.15, 0.2) is 53.3 Å². The number of nitrogens with zero attached hydrogens (tertiary/aromatic N) is 2. The number of benzene rings is 2. The number of hydrogen-bond donors (Lipinski definition) is 2. The molecule has 0 saturated carbocycles. The molecular formula is C34H48N2O3. The summed E-state index contributed by atoms with van der Waals surface area (Å²) < 4.78 is 0. The van der Waals surface area contributed by atoms with E-state index in [0.29, 0.717) is 36.3 Å². The molecule has 2 aromatic rings. The third-order valence-electron chi connectivity index (χ3n) is 6.86. The third-order valence-corrected chi connectivity index (χ3v) is 6.86. The van der Waals surface area contributed by atoms with Crippen LogP contribution in [0.3, 0.4) is 0 Å². The van der Waals surface area contributed by atoms with E-state index in [-0.39, 0.29) is 34.3 Å². The minimum atomic E-state index is -0.312. The second-order valence-corrected chi connectivity index (χ2v) is 13.8. The molecule has 0 saturated heterocycles. The van der Waals surface area contributed by atoms with Crippen molar-refractivity contribution in [2.45, 2.75) is 111 Å². The topological polar surface area (TPSA) is 82.2 Å². The minimum absolute atomic E-state index is 0.195.